The Morgan fingerprint density at radius 1 is 1.08 bits per heavy atom. The van der Waals surface area contributed by atoms with Gasteiger partial charge in [-0.25, -0.2) is 9.78 Å². The molecule has 0 aliphatic rings. The van der Waals surface area contributed by atoms with Crippen molar-refractivity contribution in [1.82, 2.24) is 20.5 Å². The highest BCUT2D eigenvalue weighted by atomic mass is 32.1. The first kappa shape index (κ1) is 18.4. The van der Waals surface area contributed by atoms with Gasteiger partial charge in [-0.05, 0) is 31.1 Å². The summed E-state index contributed by atoms with van der Waals surface area (Å²) < 4.78 is 0. The molecule has 0 unspecified atom stereocenters. The second-order valence-corrected chi connectivity index (χ2v) is 6.98. The van der Waals surface area contributed by atoms with Gasteiger partial charge in [0.25, 0.3) is 0 Å². The summed E-state index contributed by atoms with van der Waals surface area (Å²) in [6.45, 7) is 10.4. The number of hydrogen-bond acceptors (Lipinski definition) is 4. The molecule has 0 saturated heterocycles. The maximum Gasteiger partial charge on any atom is 0.315 e. The van der Waals surface area contributed by atoms with Crippen LogP contribution in [0.15, 0.2) is 30.5 Å². The van der Waals surface area contributed by atoms with Crippen molar-refractivity contribution in [2.24, 2.45) is 0 Å². The third-order valence-electron chi connectivity index (χ3n) is 3.87. The largest absolute Gasteiger partial charge is 0.334 e. The molecule has 130 valence electrons. The SMILES string of the molecule is CCN(CC)Cc1ccc(CNC(=O)NCc2cnc(C)s2)cc1. The van der Waals surface area contributed by atoms with Crippen LogP contribution in [-0.2, 0) is 19.6 Å². The Balaban J connectivity index is 1.74. The third-order valence-corrected chi connectivity index (χ3v) is 4.78. The van der Waals surface area contributed by atoms with Crippen LogP contribution in [0.25, 0.3) is 0 Å². The van der Waals surface area contributed by atoms with Gasteiger partial charge in [-0.15, -0.1) is 11.3 Å². The summed E-state index contributed by atoms with van der Waals surface area (Å²) >= 11 is 1.60. The highest BCUT2D eigenvalue weighted by Crippen LogP contribution is 2.10. The predicted molar refractivity (Wildman–Crippen MR) is 99.0 cm³/mol. The Morgan fingerprint density at radius 2 is 1.71 bits per heavy atom. The van der Waals surface area contributed by atoms with Crippen molar-refractivity contribution in [1.29, 1.82) is 0 Å². The monoisotopic (exact) mass is 346 g/mol. The summed E-state index contributed by atoms with van der Waals surface area (Å²) in [5, 5.41) is 6.74. The van der Waals surface area contributed by atoms with E-state index in [1.165, 1.54) is 5.56 Å². The number of rotatable bonds is 8. The minimum Gasteiger partial charge on any atom is -0.334 e. The fourth-order valence-electron chi connectivity index (χ4n) is 2.37. The lowest BCUT2D eigenvalue weighted by Gasteiger charge is -2.18. The van der Waals surface area contributed by atoms with E-state index >= 15 is 0 Å². The molecule has 0 aliphatic heterocycles. The van der Waals surface area contributed by atoms with Crippen LogP contribution < -0.4 is 10.6 Å². The molecule has 0 spiro atoms. The highest BCUT2D eigenvalue weighted by Gasteiger charge is 2.04. The number of hydrogen-bond donors (Lipinski definition) is 2. The van der Waals surface area contributed by atoms with Gasteiger partial charge in [0.15, 0.2) is 0 Å². The first-order chi connectivity index (χ1) is 11.6. The zero-order chi connectivity index (χ0) is 17.4. The Labute approximate surface area is 148 Å². The molecular formula is C18H26N4OS. The molecule has 0 aliphatic carbocycles. The lowest BCUT2D eigenvalue weighted by atomic mass is 10.1. The number of urea groups is 1. The zero-order valence-corrected chi connectivity index (χ0v) is 15.4. The minimum atomic E-state index is -0.159. The summed E-state index contributed by atoms with van der Waals surface area (Å²) in [6, 6.07) is 8.26. The predicted octanol–water partition coefficient (Wildman–Crippen LogP) is 3.29. The fourth-order valence-corrected chi connectivity index (χ4v) is 3.10. The van der Waals surface area contributed by atoms with E-state index in [0.29, 0.717) is 13.1 Å². The van der Waals surface area contributed by atoms with Gasteiger partial charge in [-0.3, -0.25) is 4.90 Å². The molecule has 1 heterocycles. The molecule has 2 aromatic rings. The molecular weight excluding hydrogens is 320 g/mol. The van der Waals surface area contributed by atoms with Crippen molar-refractivity contribution < 1.29 is 4.79 Å². The van der Waals surface area contributed by atoms with Gasteiger partial charge in [0.2, 0.25) is 0 Å². The lowest BCUT2D eigenvalue weighted by Crippen LogP contribution is -2.34. The van der Waals surface area contributed by atoms with Crippen molar-refractivity contribution in [2.75, 3.05) is 13.1 Å². The maximum absolute atomic E-state index is 11.8. The van der Waals surface area contributed by atoms with Gasteiger partial charge in [0, 0.05) is 24.2 Å². The average molecular weight is 347 g/mol. The van der Waals surface area contributed by atoms with Crippen LogP contribution in [0.4, 0.5) is 4.79 Å². The number of carbonyl (C=O) groups is 1. The van der Waals surface area contributed by atoms with E-state index in [2.05, 4.69) is 58.6 Å². The number of thiazole rings is 1. The summed E-state index contributed by atoms with van der Waals surface area (Å²) in [7, 11) is 0. The second kappa shape index (κ2) is 9.39. The van der Waals surface area contributed by atoms with Crippen LogP contribution in [0.2, 0.25) is 0 Å². The Morgan fingerprint density at radius 3 is 2.29 bits per heavy atom. The number of aryl methyl sites for hydroxylation is 1. The molecule has 0 fully saturated rings. The van der Waals surface area contributed by atoms with E-state index in [1.807, 2.05) is 6.92 Å². The molecule has 24 heavy (non-hydrogen) atoms. The minimum absolute atomic E-state index is 0.159. The van der Waals surface area contributed by atoms with E-state index < -0.39 is 0 Å². The van der Waals surface area contributed by atoms with Crippen molar-refractivity contribution in [2.45, 2.75) is 40.4 Å². The second-order valence-electron chi connectivity index (χ2n) is 5.66. The van der Waals surface area contributed by atoms with Gasteiger partial charge >= 0.3 is 6.03 Å². The molecule has 6 heteroatoms. The summed E-state index contributed by atoms with van der Waals surface area (Å²) in [5.41, 5.74) is 2.40. The molecule has 0 atom stereocenters. The lowest BCUT2D eigenvalue weighted by molar-refractivity contribution is 0.240. The molecule has 5 nitrogen and oxygen atoms in total. The fraction of sp³-hybridized carbons (Fsp3) is 0.444. The van der Waals surface area contributed by atoms with E-state index in [4.69, 9.17) is 0 Å². The smallest absolute Gasteiger partial charge is 0.315 e. The van der Waals surface area contributed by atoms with Crippen molar-refractivity contribution >= 4 is 17.4 Å². The topological polar surface area (TPSA) is 57.3 Å². The Hall–Kier alpha value is -1.92. The third kappa shape index (κ3) is 5.94. The Bertz CT molecular complexity index is 635. The van der Waals surface area contributed by atoms with Crippen LogP contribution >= 0.6 is 11.3 Å². The Kier molecular flexibility index (Phi) is 7.21. The number of carbonyl (C=O) groups excluding carboxylic acids is 1. The van der Waals surface area contributed by atoms with Crippen LogP contribution in [-0.4, -0.2) is 29.0 Å². The molecule has 2 amide bonds. The molecule has 0 saturated carbocycles. The standard InChI is InChI=1S/C18H26N4OS/c1-4-22(5-2)13-16-8-6-15(7-9-16)10-20-18(23)21-12-17-11-19-14(3)24-17/h6-9,11H,4-5,10,12-13H2,1-3H3,(H2,20,21,23). The molecule has 0 bridgehead atoms. The first-order valence-corrected chi connectivity index (χ1v) is 9.15. The van der Waals surface area contributed by atoms with Gasteiger partial charge in [-0.2, -0.15) is 0 Å². The number of aromatic nitrogens is 1. The molecule has 0 radical (unpaired) electrons. The summed E-state index contributed by atoms with van der Waals surface area (Å²) in [4.78, 5) is 19.4. The van der Waals surface area contributed by atoms with E-state index in [9.17, 15) is 4.79 Å². The van der Waals surface area contributed by atoms with Gasteiger partial charge in [-0.1, -0.05) is 38.1 Å². The van der Waals surface area contributed by atoms with Crippen molar-refractivity contribution in [3.63, 3.8) is 0 Å². The molecule has 2 N–H and O–H groups in total. The summed E-state index contributed by atoms with van der Waals surface area (Å²) in [6.07, 6.45) is 1.80. The molecule has 1 aromatic carbocycles. The molecule has 2 rings (SSSR count). The zero-order valence-electron chi connectivity index (χ0n) is 14.6. The van der Waals surface area contributed by atoms with Gasteiger partial charge in [0.1, 0.15) is 0 Å². The van der Waals surface area contributed by atoms with Crippen LogP contribution in [0.3, 0.4) is 0 Å². The number of amides is 2. The van der Waals surface area contributed by atoms with Crippen molar-refractivity contribution in [3.8, 4) is 0 Å². The quantitative estimate of drug-likeness (QED) is 0.771. The van der Waals surface area contributed by atoms with E-state index in [0.717, 1.165) is 35.1 Å². The number of benzene rings is 1. The average Bonchev–Trinajstić information content (AvgIpc) is 3.02. The first-order valence-electron chi connectivity index (χ1n) is 8.33. The number of nitrogens with one attached hydrogen (secondary N) is 2. The summed E-state index contributed by atoms with van der Waals surface area (Å²) in [5.74, 6) is 0. The highest BCUT2D eigenvalue weighted by molar-refractivity contribution is 7.11. The van der Waals surface area contributed by atoms with Crippen LogP contribution in [0.5, 0.6) is 0 Å². The van der Waals surface area contributed by atoms with E-state index in [1.54, 1.807) is 17.5 Å². The van der Waals surface area contributed by atoms with E-state index in [-0.39, 0.29) is 6.03 Å². The van der Waals surface area contributed by atoms with Gasteiger partial charge in [0.05, 0.1) is 11.6 Å². The van der Waals surface area contributed by atoms with Crippen molar-refractivity contribution in [3.05, 3.63) is 51.5 Å². The van der Waals surface area contributed by atoms with Crippen LogP contribution in [0.1, 0.15) is 34.9 Å². The van der Waals surface area contributed by atoms with Crippen LogP contribution in [0, 0.1) is 6.92 Å². The molecule has 1 aromatic heterocycles. The maximum atomic E-state index is 11.8. The van der Waals surface area contributed by atoms with Gasteiger partial charge < -0.3 is 10.6 Å². The number of nitrogens with zero attached hydrogens (tertiary/aromatic N) is 2. The normalized spacial score (nSPS) is 10.8.